The van der Waals surface area contributed by atoms with Crippen LogP contribution in [0.4, 0.5) is 11.5 Å². The van der Waals surface area contributed by atoms with Crippen molar-refractivity contribution in [1.29, 1.82) is 0 Å². The molecular formula is C24H27N3O3. The first-order valence-electron chi connectivity index (χ1n) is 10.1. The second-order valence-corrected chi connectivity index (χ2v) is 7.88. The number of ether oxygens (including phenoxy) is 2. The Labute approximate surface area is 176 Å². The highest BCUT2D eigenvalue weighted by atomic mass is 16.5. The zero-order valence-electron chi connectivity index (χ0n) is 18.3. The fourth-order valence-electron chi connectivity index (χ4n) is 4.40. The van der Waals surface area contributed by atoms with Gasteiger partial charge in [-0.15, -0.1) is 0 Å². The zero-order chi connectivity index (χ0) is 21.6. The number of hydrogen-bond acceptors (Lipinski definition) is 5. The summed E-state index contributed by atoms with van der Waals surface area (Å²) in [7, 11) is 3.25. The van der Waals surface area contributed by atoms with Gasteiger partial charge in [-0.3, -0.25) is 4.57 Å². The van der Waals surface area contributed by atoms with E-state index in [1.807, 2.05) is 19.1 Å². The van der Waals surface area contributed by atoms with Crippen molar-refractivity contribution in [3.8, 4) is 22.8 Å². The minimum absolute atomic E-state index is 0.249. The molecule has 6 nitrogen and oxygen atoms in total. The molecule has 0 aliphatic carbocycles. The summed E-state index contributed by atoms with van der Waals surface area (Å²) in [6, 6.07) is 8.21. The third kappa shape index (κ3) is 3.22. The molecule has 0 radical (unpaired) electrons. The van der Waals surface area contributed by atoms with Gasteiger partial charge in [0.1, 0.15) is 5.82 Å². The van der Waals surface area contributed by atoms with Crippen molar-refractivity contribution in [1.82, 2.24) is 9.55 Å². The van der Waals surface area contributed by atoms with E-state index in [4.69, 9.17) is 9.47 Å². The van der Waals surface area contributed by atoms with Crippen molar-refractivity contribution in [2.24, 2.45) is 0 Å². The molecular weight excluding hydrogens is 378 g/mol. The number of rotatable bonds is 4. The first kappa shape index (κ1) is 20.0. The van der Waals surface area contributed by atoms with E-state index in [9.17, 15) is 4.79 Å². The van der Waals surface area contributed by atoms with Gasteiger partial charge in [0.05, 0.1) is 19.9 Å². The summed E-state index contributed by atoms with van der Waals surface area (Å²) in [5.41, 5.74) is 8.12. The molecule has 156 valence electrons. The van der Waals surface area contributed by atoms with E-state index in [2.05, 4.69) is 43.2 Å². The minimum atomic E-state index is -0.249. The lowest BCUT2D eigenvalue weighted by Gasteiger charge is -2.26. The molecule has 1 aliphatic rings. The first-order valence-corrected chi connectivity index (χ1v) is 10.1. The number of fused-ring (bicyclic) bond motifs is 3. The number of aromatic nitrogens is 2. The number of methoxy groups -OCH3 is 2. The van der Waals surface area contributed by atoms with Gasteiger partial charge in [-0.2, -0.15) is 4.98 Å². The Balaban J connectivity index is 1.90. The number of aryl methyl sites for hydroxylation is 4. The normalized spacial score (nSPS) is 12.2. The first-order chi connectivity index (χ1) is 14.3. The summed E-state index contributed by atoms with van der Waals surface area (Å²) in [4.78, 5) is 17.3. The summed E-state index contributed by atoms with van der Waals surface area (Å²) in [6.45, 7) is 8.81. The molecule has 6 heteroatoms. The Morgan fingerprint density at radius 2 is 1.60 bits per heavy atom. The van der Waals surface area contributed by atoms with Gasteiger partial charge in [0, 0.05) is 23.4 Å². The smallest absolute Gasteiger partial charge is 0.350 e. The third-order valence-corrected chi connectivity index (χ3v) is 5.81. The molecule has 3 aromatic rings. The molecule has 0 spiro atoms. The topological polar surface area (TPSA) is 65.4 Å². The molecule has 0 saturated heterocycles. The maximum absolute atomic E-state index is 12.9. The Kier molecular flexibility index (Phi) is 5.02. The highest BCUT2D eigenvalue weighted by molar-refractivity contribution is 5.77. The van der Waals surface area contributed by atoms with Crippen molar-refractivity contribution >= 4 is 11.5 Å². The lowest BCUT2D eigenvalue weighted by atomic mass is 9.94. The van der Waals surface area contributed by atoms with Gasteiger partial charge in [0.25, 0.3) is 0 Å². The van der Waals surface area contributed by atoms with Crippen LogP contribution in [0.2, 0.25) is 0 Å². The van der Waals surface area contributed by atoms with Gasteiger partial charge in [0.15, 0.2) is 11.5 Å². The number of nitrogens with zero attached hydrogens (tertiary/aromatic N) is 2. The second-order valence-electron chi connectivity index (χ2n) is 7.88. The van der Waals surface area contributed by atoms with E-state index in [1.54, 1.807) is 18.8 Å². The predicted octanol–water partition coefficient (Wildman–Crippen LogP) is 4.46. The van der Waals surface area contributed by atoms with Crippen LogP contribution in [0.3, 0.4) is 0 Å². The molecule has 0 unspecified atom stereocenters. The number of hydrogen-bond donors (Lipinski definition) is 1. The number of anilines is 2. The Morgan fingerprint density at radius 3 is 2.23 bits per heavy atom. The van der Waals surface area contributed by atoms with Crippen molar-refractivity contribution in [2.45, 2.75) is 40.7 Å². The Morgan fingerprint density at radius 1 is 0.967 bits per heavy atom. The van der Waals surface area contributed by atoms with Crippen LogP contribution in [0, 0.1) is 27.7 Å². The van der Waals surface area contributed by atoms with Gasteiger partial charge in [-0.05, 0) is 62.9 Å². The summed E-state index contributed by atoms with van der Waals surface area (Å²) >= 11 is 0. The fraction of sp³-hybridized carbons (Fsp3) is 0.333. The van der Waals surface area contributed by atoms with Gasteiger partial charge in [0.2, 0.25) is 0 Å². The van der Waals surface area contributed by atoms with E-state index < -0.39 is 0 Å². The van der Waals surface area contributed by atoms with E-state index in [1.165, 1.54) is 5.56 Å². The highest BCUT2D eigenvalue weighted by Crippen LogP contribution is 2.40. The molecule has 0 amide bonds. The molecule has 2 heterocycles. The molecule has 0 fully saturated rings. The SMILES string of the molecule is COc1cc2c(cc1OC)-c1c(C)c(Nc3c(C)cc(C)cc3C)nc(=O)n1CC2. The number of benzene rings is 2. The zero-order valence-corrected chi connectivity index (χ0v) is 18.3. The number of nitrogens with one attached hydrogen (secondary N) is 1. The highest BCUT2D eigenvalue weighted by Gasteiger charge is 2.24. The summed E-state index contributed by atoms with van der Waals surface area (Å²) in [6.07, 6.45) is 0.743. The van der Waals surface area contributed by atoms with Gasteiger partial charge < -0.3 is 14.8 Å². The van der Waals surface area contributed by atoms with Gasteiger partial charge in [-0.1, -0.05) is 17.7 Å². The molecule has 2 aromatic carbocycles. The average Bonchev–Trinajstić information content (AvgIpc) is 2.72. The maximum Gasteiger partial charge on any atom is 0.350 e. The van der Waals surface area contributed by atoms with Gasteiger partial charge in [-0.25, -0.2) is 4.79 Å². The van der Waals surface area contributed by atoms with Crippen LogP contribution in [0.1, 0.15) is 27.8 Å². The van der Waals surface area contributed by atoms with Crippen LogP contribution < -0.4 is 20.5 Å². The molecule has 0 saturated carbocycles. The molecule has 1 aromatic heterocycles. The Hall–Kier alpha value is -3.28. The van der Waals surface area contributed by atoms with Crippen LogP contribution >= 0.6 is 0 Å². The molecule has 30 heavy (non-hydrogen) atoms. The fourth-order valence-corrected chi connectivity index (χ4v) is 4.40. The Bertz CT molecular complexity index is 1190. The van der Waals surface area contributed by atoms with Crippen molar-refractivity contribution in [3.05, 3.63) is 62.6 Å². The van der Waals surface area contributed by atoms with Crippen LogP contribution in [0.15, 0.2) is 29.1 Å². The second kappa shape index (κ2) is 7.52. The minimum Gasteiger partial charge on any atom is -0.493 e. The predicted molar refractivity (Wildman–Crippen MR) is 119 cm³/mol. The average molecular weight is 405 g/mol. The van der Waals surface area contributed by atoms with Crippen LogP contribution in [0.5, 0.6) is 11.5 Å². The molecule has 0 bridgehead atoms. The van der Waals surface area contributed by atoms with Gasteiger partial charge >= 0.3 is 5.69 Å². The largest absolute Gasteiger partial charge is 0.493 e. The van der Waals surface area contributed by atoms with E-state index >= 15 is 0 Å². The maximum atomic E-state index is 12.9. The molecule has 1 aliphatic heterocycles. The van der Waals surface area contributed by atoms with Crippen molar-refractivity contribution in [3.63, 3.8) is 0 Å². The van der Waals surface area contributed by atoms with Crippen LogP contribution in [-0.2, 0) is 13.0 Å². The molecule has 4 rings (SSSR count). The lowest BCUT2D eigenvalue weighted by Crippen LogP contribution is -2.30. The van der Waals surface area contributed by atoms with E-state index in [0.29, 0.717) is 23.9 Å². The van der Waals surface area contributed by atoms with Crippen molar-refractivity contribution < 1.29 is 9.47 Å². The summed E-state index contributed by atoms with van der Waals surface area (Å²) < 4.78 is 12.7. The summed E-state index contributed by atoms with van der Waals surface area (Å²) in [5.74, 6) is 1.93. The lowest BCUT2D eigenvalue weighted by molar-refractivity contribution is 0.354. The molecule has 1 N–H and O–H groups in total. The third-order valence-electron chi connectivity index (χ3n) is 5.81. The van der Waals surface area contributed by atoms with E-state index in [-0.39, 0.29) is 5.69 Å². The van der Waals surface area contributed by atoms with Crippen LogP contribution in [-0.4, -0.2) is 23.8 Å². The standard InChI is InChI=1S/C24H27N3O3/c1-13-9-14(2)21(15(3)10-13)25-23-16(4)22-18-12-20(30-6)19(29-5)11-17(18)7-8-27(22)24(28)26-23/h9-12H,7-8H2,1-6H3,(H,25,26,28). The quantitative estimate of drug-likeness (QED) is 0.694. The van der Waals surface area contributed by atoms with Crippen molar-refractivity contribution in [2.75, 3.05) is 19.5 Å². The van der Waals surface area contributed by atoms with E-state index in [0.717, 1.165) is 45.6 Å². The monoisotopic (exact) mass is 405 g/mol. The molecule has 0 atom stereocenters. The van der Waals surface area contributed by atoms with Crippen LogP contribution in [0.25, 0.3) is 11.3 Å². The summed E-state index contributed by atoms with van der Waals surface area (Å²) in [5, 5.41) is 3.43.